The van der Waals surface area contributed by atoms with Crippen LogP contribution in [0.5, 0.6) is 11.5 Å². The third-order valence-electron chi connectivity index (χ3n) is 2.38. The molecule has 108 valence electrons. The van der Waals surface area contributed by atoms with E-state index in [-0.39, 0.29) is 0 Å². The van der Waals surface area contributed by atoms with Gasteiger partial charge in [0, 0.05) is 12.4 Å². The van der Waals surface area contributed by atoms with Crippen LogP contribution in [0.15, 0.2) is 18.2 Å². The molecule has 1 rings (SSSR count). The van der Waals surface area contributed by atoms with E-state index < -0.39 is 0 Å². The molecule has 0 heterocycles. The van der Waals surface area contributed by atoms with E-state index in [4.69, 9.17) is 18.9 Å². The Balaban J connectivity index is 2.43. The average molecular weight is 333 g/mol. The summed E-state index contributed by atoms with van der Waals surface area (Å²) < 4.78 is 21.5. The zero-order valence-corrected chi connectivity index (χ0v) is 13.1. The average Bonchev–Trinajstić information content (AvgIpc) is 2.44. The van der Waals surface area contributed by atoms with Crippen molar-refractivity contribution in [2.45, 2.75) is 12.3 Å². The van der Waals surface area contributed by atoms with Crippen LogP contribution in [0, 0.1) is 0 Å². The number of rotatable bonds is 10. The first-order chi connectivity index (χ1) is 9.31. The van der Waals surface area contributed by atoms with E-state index in [9.17, 15) is 0 Å². The fourth-order valence-corrected chi connectivity index (χ4v) is 1.83. The van der Waals surface area contributed by atoms with Crippen molar-refractivity contribution in [1.29, 1.82) is 0 Å². The molecule has 0 aliphatic carbocycles. The van der Waals surface area contributed by atoms with Gasteiger partial charge in [-0.15, -0.1) is 0 Å². The fourth-order valence-electron chi connectivity index (χ4n) is 1.48. The maximum Gasteiger partial charge on any atom is 0.161 e. The predicted octanol–water partition coefficient (Wildman–Crippen LogP) is 3.02. The van der Waals surface area contributed by atoms with Crippen molar-refractivity contribution in [3.63, 3.8) is 0 Å². The maximum atomic E-state index is 5.66. The summed E-state index contributed by atoms with van der Waals surface area (Å²) in [5.74, 6) is 1.53. The molecule has 0 saturated carbocycles. The van der Waals surface area contributed by atoms with E-state index in [2.05, 4.69) is 15.9 Å². The topological polar surface area (TPSA) is 36.9 Å². The van der Waals surface area contributed by atoms with Crippen molar-refractivity contribution in [2.75, 3.05) is 40.1 Å². The minimum atomic E-state index is 0.497. The van der Waals surface area contributed by atoms with Gasteiger partial charge < -0.3 is 18.9 Å². The van der Waals surface area contributed by atoms with E-state index in [0.717, 1.165) is 22.4 Å². The molecule has 4 nitrogen and oxygen atoms in total. The molecule has 1 aromatic carbocycles. The van der Waals surface area contributed by atoms with E-state index in [0.29, 0.717) is 33.0 Å². The van der Waals surface area contributed by atoms with Gasteiger partial charge in [-0.1, -0.05) is 22.0 Å². The molecule has 0 radical (unpaired) electrons. The lowest BCUT2D eigenvalue weighted by Crippen LogP contribution is -2.10. The molecule has 1 aromatic rings. The standard InChI is InChI=1S/C14H21BrO4/c1-3-18-14-10-12(11-15)4-5-13(14)19-9-8-17-7-6-16-2/h4-5,10H,3,6-9,11H2,1-2H3. The van der Waals surface area contributed by atoms with Gasteiger partial charge in [0.15, 0.2) is 11.5 Å². The van der Waals surface area contributed by atoms with E-state index in [1.165, 1.54) is 0 Å². The molecule has 0 amide bonds. The van der Waals surface area contributed by atoms with Crippen LogP contribution < -0.4 is 9.47 Å². The normalized spacial score (nSPS) is 10.5. The lowest BCUT2D eigenvalue weighted by atomic mass is 10.2. The molecule has 0 bridgehead atoms. The molecule has 0 aromatic heterocycles. The summed E-state index contributed by atoms with van der Waals surface area (Å²) in [5.41, 5.74) is 1.16. The van der Waals surface area contributed by atoms with Crippen molar-refractivity contribution < 1.29 is 18.9 Å². The number of benzene rings is 1. The molecule has 5 heteroatoms. The highest BCUT2D eigenvalue weighted by atomic mass is 79.9. The highest BCUT2D eigenvalue weighted by Gasteiger charge is 2.06. The number of halogens is 1. The summed E-state index contributed by atoms with van der Waals surface area (Å²) in [6.45, 7) is 4.79. The second kappa shape index (κ2) is 10.1. The number of ether oxygens (including phenoxy) is 4. The molecule has 0 unspecified atom stereocenters. The second-order valence-electron chi connectivity index (χ2n) is 3.80. The van der Waals surface area contributed by atoms with E-state index in [1.54, 1.807) is 7.11 Å². The van der Waals surface area contributed by atoms with Crippen LogP contribution in [0.25, 0.3) is 0 Å². The first-order valence-corrected chi connectivity index (χ1v) is 7.45. The summed E-state index contributed by atoms with van der Waals surface area (Å²) in [5, 5.41) is 0.799. The van der Waals surface area contributed by atoms with Crippen LogP contribution >= 0.6 is 15.9 Å². The summed E-state index contributed by atoms with van der Waals surface area (Å²) in [4.78, 5) is 0. The fraction of sp³-hybridized carbons (Fsp3) is 0.571. The summed E-state index contributed by atoms with van der Waals surface area (Å²) in [6, 6.07) is 5.93. The van der Waals surface area contributed by atoms with Gasteiger partial charge in [0.2, 0.25) is 0 Å². The van der Waals surface area contributed by atoms with Crippen LogP contribution in [0.2, 0.25) is 0 Å². The zero-order valence-electron chi connectivity index (χ0n) is 11.5. The summed E-state index contributed by atoms with van der Waals surface area (Å²) >= 11 is 3.43. The van der Waals surface area contributed by atoms with Crippen LogP contribution in [0.3, 0.4) is 0 Å². The van der Waals surface area contributed by atoms with Crippen LogP contribution in [-0.4, -0.2) is 40.1 Å². The van der Waals surface area contributed by atoms with Gasteiger partial charge in [-0.25, -0.2) is 0 Å². The zero-order chi connectivity index (χ0) is 13.9. The van der Waals surface area contributed by atoms with E-state index >= 15 is 0 Å². The highest BCUT2D eigenvalue weighted by molar-refractivity contribution is 9.08. The molecule has 0 atom stereocenters. The maximum absolute atomic E-state index is 5.66. The molecule has 0 spiro atoms. The highest BCUT2D eigenvalue weighted by Crippen LogP contribution is 2.29. The Labute approximate surface area is 123 Å². The van der Waals surface area contributed by atoms with Gasteiger partial charge >= 0.3 is 0 Å². The SMILES string of the molecule is CCOc1cc(CBr)ccc1OCCOCCOC. The van der Waals surface area contributed by atoms with Crippen LogP contribution in [-0.2, 0) is 14.8 Å². The first kappa shape index (κ1) is 16.3. The largest absolute Gasteiger partial charge is 0.490 e. The third-order valence-corrected chi connectivity index (χ3v) is 3.03. The number of hydrogen-bond acceptors (Lipinski definition) is 4. The molecule has 0 aliphatic rings. The molecule has 0 aliphatic heterocycles. The van der Waals surface area contributed by atoms with Crippen molar-refractivity contribution in [3.8, 4) is 11.5 Å². The van der Waals surface area contributed by atoms with Gasteiger partial charge in [0.1, 0.15) is 6.61 Å². The minimum absolute atomic E-state index is 0.497. The van der Waals surface area contributed by atoms with Gasteiger partial charge in [0.25, 0.3) is 0 Å². The molecule has 0 fully saturated rings. The Kier molecular flexibility index (Phi) is 8.62. The quantitative estimate of drug-likeness (QED) is 0.487. The van der Waals surface area contributed by atoms with Crippen LogP contribution in [0.4, 0.5) is 0 Å². The Morgan fingerprint density at radius 3 is 2.47 bits per heavy atom. The van der Waals surface area contributed by atoms with Crippen molar-refractivity contribution in [2.24, 2.45) is 0 Å². The number of alkyl halides is 1. The Bertz CT molecular complexity index is 357. The number of methoxy groups -OCH3 is 1. The second-order valence-corrected chi connectivity index (χ2v) is 4.36. The van der Waals surface area contributed by atoms with E-state index in [1.807, 2.05) is 25.1 Å². The molecular weight excluding hydrogens is 312 g/mol. The summed E-state index contributed by atoms with van der Waals surface area (Å²) in [6.07, 6.45) is 0. The monoisotopic (exact) mass is 332 g/mol. The molecular formula is C14H21BrO4. The Morgan fingerprint density at radius 1 is 1.00 bits per heavy atom. The summed E-state index contributed by atoms with van der Waals surface area (Å²) in [7, 11) is 1.65. The molecule has 0 saturated heterocycles. The Morgan fingerprint density at radius 2 is 1.79 bits per heavy atom. The molecule has 19 heavy (non-hydrogen) atoms. The van der Waals surface area contributed by atoms with Crippen molar-refractivity contribution >= 4 is 15.9 Å². The van der Waals surface area contributed by atoms with Gasteiger partial charge in [0.05, 0.1) is 26.4 Å². The lowest BCUT2D eigenvalue weighted by Gasteiger charge is -2.13. The van der Waals surface area contributed by atoms with Crippen LogP contribution in [0.1, 0.15) is 12.5 Å². The van der Waals surface area contributed by atoms with Gasteiger partial charge in [-0.05, 0) is 24.6 Å². The lowest BCUT2D eigenvalue weighted by molar-refractivity contribution is 0.0539. The smallest absolute Gasteiger partial charge is 0.161 e. The van der Waals surface area contributed by atoms with Crippen molar-refractivity contribution in [1.82, 2.24) is 0 Å². The first-order valence-electron chi connectivity index (χ1n) is 6.33. The Hall–Kier alpha value is -0.780. The van der Waals surface area contributed by atoms with Crippen molar-refractivity contribution in [3.05, 3.63) is 23.8 Å². The van der Waals surface area contributed by atoms with Gasteiger partial charge in [-0.3, -0.25) is 0 Å². The predicted molar refractivity (Wildman–Crippen MR) is 78.4 cm³/mol. The number of hydrogen-bond donors (Lipinski definition) is 0. The van der Waals surface area contributed by atoms with Gasteiger partial charge in [-0.2, -0.15) is 0 Å². The minimum Gasteiger partial charge on any atom is -0.490 e. The third kappa shape index (κ3) is 6.27. The molecule has 0 N–H and O–H groups in total.